The SMILES string of the molecule is Cc1cc(C(=O)NCCC(=O)O)ncc1C(c1cc(F)ccc1F)S(=O)(=O)c1ccc(F)cc1. The second kappa shape index (κ2) is 10.0. The number of hydrogen-bond acceptors (Lipinski definition) is 5. The van der Waals surface area contributed by atoms with Crippen molar-refractivity contribution in [1.82, 2.24) is 10.3 Å². The Hall–Kier alpha value is -3.73. The monoisotopic (exact) mass is 492 g/mol. The molecule has 11 heteroatoms. The molecule has 1 amide bonds. The molecule has 2 aromatic carbocycles. The van der Waals surface area contributed by atoms with Crippen LogP contribution in [0.15, 0.2) is 59.6 Å². The largest absolute Gasteiger partial charge is 0.481 e. The van der Waals surface area contributed by atoms with E-state index in [-0.39, 0.29) is 34.7 Å². The van der Waals surface area contributed by atoms with Gasteiger partial charge in [0.1, 0.15) is 28.4 Å². The second-order valence-corrected chi connectivity index (χ2v) is 9.40. The van der Waals surface area contributed by atoms with Crippen LogP contribution in [0.25, 0.3) is 0 Å². The number of pyridine rings is 1. The summed E-state index contributed by atoms with van der Waals surface area (Å²) < 4.78 is 69.1. The highest BCUT2D eigenvalue weighted by molar-refractivity contribution is 7.92. The minimum Gasteiger partial charge on any atom is -0.481 e. The van der Waals surface area contributed by atoms with Crippen LogP contribution in [0.3, 0.4) is 0 Å². The third-order valence-electron chi connectivity index (χ3n) is 4.98. The highest BCUT2D eigenvalue weighted by Crippen LogP contribution is 2.38. The van der Waals surface area contributed by atoms with Gasteiger partial charge in [0.05, 0.1) is 11.3 Å². The molecule has 0 radical (unpaired) electrons. The van der Waals surface area contributed by atoms with E-state index in [0.29, 0.717) is 0 Å². The molecular weight excluding hydrogens is 473 g/mol. The van der Waals surface area contributed by atoms with Crippen molar-refractivity contribution in [2.75, 3.05) is 6.54 Å². The number of aromatic nitrogens is 1. The van der Waals surface area contributed by atoms with E-state index in [9.17, 15) is 31.2 Å². The predicted octanol–water partition coefficient (Wildman–Crippen LogP) is 3.58. The zero-order chi connectivity index (χ0) is 25.0. The first-order chi connectivity index (χ1) is 16.0. The summed E-state index contributed by atoms with van der Waals surface area (Å²) in [6.07, 6.45) is 0.761. The molecule has 3 rings (SSSR count). The molecule has 1 aromatic heterocycles. The highest BCUT2D eigenvalue weighted by Gasteiger charge is 2.35. The van der Waals surface area contributed by atoms with Gasteiger partial charge in [-0.15, -0.1) is 0 Å². The number of aryl methyl sites for hydroxylation is 1. The zero-order valence-corrected chi connectivity index (χ0v) is 18.6. The van der Waals surface area contributed by atoms with Crippen molar-refractivity contribution >= 4 is 21.7 Å². The summed E-state index contributed by atoms with van der Waals surface area (Å²) in [5.41, 5.74) is -0.384. The number of halogens is 3. The molecule has 2 N–H and O–H groups in total. The quantitative estimate of drug-likeness (QED) is 0.465. The number of nitrogens with one attached hydrogen (secondary N) is 1. The summed E-state index contributed by atoms with van der Waals surface area (Å²) in [6, 6.07) is 7.55. The van der Waals surface area contributed by atoms with Crippen LogP contribution in [0.1, 0.15) is 38.8 Å². The summed E-state index contributed by atoms with van der Waals surface area (Å²) in [7, 11) is -4.42. The standard InChI is InChI=1S/C23H19F3N2O5S/c1-13-10-20(23(31)27-9-8-21(29)30)28-12-18(13)22(17-11-15(25)4-7-19(17)26)34(32,33)16-5-2-14(24)3-6-16/h2-7,10-12,22H,8-9H2,1H3,(H,27,31)(H,29,30). The molecule has 1 unspecified atom stereocenters. The predicted molar refractivity (Wildman–Crippen MR) is 115 cm³/mol. The molecule has 0 fully saturated rings. The topological polar surface area (TPSA) is 113 Å². The molecule has 3 aromatic rings. The number of sulfone groups is 1. The van der Waals surface area contributed by atoms with E-state index < -0.39 is 50.0 Å². The molecule has 0 aliphatic heterocycles. The Bertz CT molecular complexity index is 1350. The van der Waals surface area contributed by atoms with Crippen LogP contribution in [0, 0.1) is 24.4 Å². The zero-order valence-electron chi connectivity index (χ0n) is 17.8. The van der Waals surface area contributed by atoms with Crippen LogP contribution in [0.5, 0.6) is 0 Å². The first-order valence-electron chi connectivity index (χ1n) is 9.91. The minimum absolute atomic E-state index is 0.0177. The molecule has 178 valence electrons. The van der Waals surface area contributed by atoms with Crippen LogP contribution in [0.4, 0.5) is 13.2 Å². The van der Waals surface area contributed by atoms with Gasteiger partial charge >= 0.3 is 5.97 Å². The molecular formula is C23H19F3N2O5S. The lowest BCUT2D eigenvalue weighted by atomic mass is 10.0. The summed E-state index contributed by atoms with van der Waals surface area (Å²) in [6.45, 7) is 1.32. The van der Waals surface area contributed by atoms with Crippen LogP contribution in [-0.4, -0.2) is 36.9 Å². The Kier molecular flexibility index (Phi) is 7.35. The van der Waals surface area contributed by atoms with E-state index in [1.807, 2.05) is 0 Å². The number of nitrogens with zero attached hydrogens (tertiary/aromatic N) is 1. The third kappa shape index (κ3) is 5.42. The Morgan fingerprint density at radius 3 is 2.26 bits per heavy atom. The van der Waals surface area contributed by atoms with Crippen molar-refractivity contribution in [3.05, 3.63) is 94.6 Å². The van der Waals surface area contributed by atoms with Gasteiger partial charge in [0.15, 0.2) is 9.84 Å². The number of hydrogen-bond donors (Lipinski definition) is 2. The number of carboxylic acid groups (broad SMARTS) is 1. The van der Waals surface area contributed by atoms with E-state index in [1.54, 1.807) is 0 Å². The van der Waals surface area contributed by atoms with Gasteiger partial charge in [0.2, 0.25) is 0 Å². The Labute approximate surface area is 193 Å². The summed E-state index contributed by atoms with van der Waals surface area (Å²) in [5, 5.41) is 9.30. The van der Waals surface area contributed by atoms with Gasteiger partial charge in [-0.25, -0.2) is 21.6 Å². The molecule has 0 aliphatic carbocycles. The fraction of sp³-hybridized carbons (Fsp3) is 0.174. The number of benzene rings is 2. The van der Waals surface area contributed by atoms with E-state index in [4.69, 9.17) is 5.11 Å². The summed E-state index contributed by atoms with van der Waals surface area (Å²) >= 11 is 0. The molecule has 0 saturated heterocycles. The average Bonchev–Trinajstić information content (AvgIpc) is 2.77. The fourth-order valence-electron chi connectivity index (χ4n) is 3.32. The Morgan fingerprint density at radius 1 is 1.00 bits per heavy atom. The molecule has 34 heavy (non-hydrogen) atoms. The number of carboxylic acids is 1. The molecule has 1 heterocycles. The third-order valence-corrected chi connectivity index (χ3v) is 7.04. The highest BCUT2D eigenvalue weighted by atomic mass is 32.2. The molecule has 0 bridgehead atoms. The van der Waals surface area contributed by atoms with Crippen LogP contribution < -0.4 is 5.32 Å². The summed E-state index contributed by atoms with van der Waals surface area (Å²) in [5.74, 6) is -4.32. The molecule has 7 nitrogen and oxygen atoms in total. The van der Waals surface area contributed by atoms with Gasteiger partial charge in [0.25, 0.3) is 5.91 Å². The number of aliphatic carboxylic acids is 1. The van der Waals surface area contributed by atoms with Crippen LogP contribution in [-0.2, 0) is 14.6 Å². The van der Waals surface area contributed by atoms with E-state index in [0.717, 1.165) is 48.7 Å². The summed E-state index contributed by atoms with van der Waals surface area (Å²) in [4.78, 5) is 26.5. The maximum absolute atomic E-state index is 14.7. The van der Waals surface area contributed by atoms with Crippen molar-refractivity contribution < 1.29 is 36.3 Å². The van der Waals surface area contributed by atoms with Gasteiger partial charge in [0, 0.05) is 18.3 Å². The number of carbonyl (C=O) groups is 2. The smallest absolute Gasteiger partial charge is 0.305 e. The van der Waals surface area contributed by atoms with Gasteiger partial charge in [-0.3, -0.25) is 14.6 Å². The van der Waals surface area contributed by atoms with Gasteiger partial charge < -0.3 is 10.4 Å². The lowest BCUT2D eigenvalue weighted by molar-refractivity contribution is -0.136. The molecule has 0 saturated carbocycles. The first kappa shape index (κ1) is 24.9. The number of carbonyl (C=O) groups excluding carboxylic acids is 1. The van der Waals surface area contributed by atoms with Crippen molar-refractivity contribution in [2.45, 2.75) is 23.5 Å². The van der Waals surface area contributed by atoms with Crippen molar-refractivity contribution in [3.63, 3.8) is 0 Å². The molecule has 1 atom stereocenters. The molecule has 0 aliphatic rings. The molecule has 0 spiro atoms. The van der Waals surface area contributed by atoms with Crippen molar-refractivity contribution in [3.8, 4) is 0 Å². The van der Waals surface area contributed by atoms with E-state index in [2.05, 4.69) is 10.3 Å². The van der Waals surface area contributed by atoms with E-state index in [1.165, 1.54) is 13.0 Å². The van der Waals surface area contributed by atoms with Gasteiger partial charge in [-0.2, -0.15) is 0 Å². The Morgan fingerprint density at radius 2 is 1.65 bits per heavy atom. The van der Waals surface area contributed by atoms with Gasteiger partial charge in [-0.05, 0) is 66.6 Å². The lowest BCUT2D eigenvalue weighted by Gasteiger charge is -2.21. The maximum atomic E-state index is 14.7. The van der Waals surface area contributed by atoms with Crippen molar-refractivity contribution in [2.24, 2.45) is 0 Å². The number of rotatable bonds is 8. The van der Waals surface area contributed by atoms with Crippen molar-refractivity contribution in [1.29, 1.82) is 0 Å². The normalized spacial score (nSPS) is 12.2. The Balaban J connectivity index is 2.10. The maximum Gasteiger partial charge on any atom is 0.305 e. The first-order valence-corrected chi connectivity index (χ1v) is 11.5. The number of amides is 1. The second-order valence-electron chi connectivity index (χ2n) is 7.37. The minimum atomic E-state index is -4.42. The van der Waals surface area contributed by atoms with Crippen LogP contribution >= 0.6 is 0 Å². The van der Waals surface area contributed by atoms with Gasteiger partial charge in [-0.1, -0.05) is 0 Å². The fourth-order valence-corrected chi connectivity index (χ4v) is 5.20. The lowest BCUT2D eigenvalue weighted by Crippen LogP contribution is -2.27. The average molecular weight is 492 g/mol. The van der Waals surface area contributed by atoms with Crippen LogP contribution in [0.2, 0.25) is 0 Å². The van der Waals surface area contributed by atoms with E-state index >= 15 is 0 Å².